The van der Waals surface area contributed by atoms with Crippen molar-refractivity contribution < 1.29 is 14.6 Å². The molecule has 1 unspecified atom stereocenters. The summed E-state index contributed by atoms with van der Waals surface area (Å²) in [5.41, 5.74) is -1.46. The first-order valence-corrected chi connectivity index (χ1v) is 6.72. The monoisotopic (exact) mass is 279 g/mol. The van der Waals surface area contributed by atoms with E-state index in [4.69, 9.17) is 0 Å². The number of ether oxygens (including phenoxy) is 1. The van der Waals surface area contributed by atoms with Crippen molar-refractivity contribution in [2.75, 3.05) is 44.7 Å². The number of anilines is 1. The fraction of sp³-hybridized carbons (Fsp3) is 0.571. The molecule has 0 radical (unpaired) electrons. The third-order valence-electron chi connectivity index (χ3n) is 3.50. The summed E-state index contributed by atoms with van der Waals surface area (Å²) in [6, 6.07) is 5.85. The van der Waals surface area contributed by atoms with Crippen molar-refractivity contribution in [1.29, 1.82) is 0 Å². The molecule has 0 amide bonds. The lowest BCUT2D eigenvalue weighted by Gasteiger charge is -2.37. The zero-order chi connectivity index (χ0) is 14.6. The maximum Gasteiger partial charge on any atom is 0.338 e. The molecule has 2 heterocycles. The number of hydrogen-bond acceptors (Lipinski definition) is 6. The largest absolute Gasteiger partial charge is 0.467 e. The van der Waals surface area contributed by atoms with Crippen LogP contribution < -0.4 is 4.90 Å². The summed E-state index contributed by atoms with van der Waals surface area (Å²) >= 11 is 0. The van der Waals surface area contributed by atoms with Crippen molar-refractivity contribution in [3.8, 4) is 0 Å². The molecule has 1 aliphatic rings. The lowest BCUT2D eigenvalue weighted by molar-refractivity contribution is -0.162. The van der Waals surface area contributed by atoms with Gasteiger partial charge in [0.2, 0.25) is 0 Å². The number of nitrogens with zero attached hydrogens (tertiary/aromatic N) is 3. The number of methoxy groups -OCH3 is 1. The fourth-order valence-electron chi connectivity index (χ4n) is 2.40. The first kappa shape index (κ1) is 14.7. The van der Waals surface area contributed by atoms with E-state index in [9.17, 15) is 9.90 Å². The minimum absolute atomic E-state index is 0.287. The number of carbonyl (C=O) groups excluding carboxylic acids is 1. The highest BCUT2D eigenvalue weighted by Crippen LogP contribution is 2.15. The molecular formula is C14H21N3O3. The van der Waals surface area contributed by atoms with Gasteiger partial charge in [-0.1, -0.05) is 6.07 Å². The highest BCUT2D eigenvalue weighted by atomic mass is 16.5. The highest BCUT2D eigenvalue weighted by Gasteiger charge is 2.34. The maximum absolute atomic E-state index is 11.5. The summed E-state index contributed by atoms with van der Waals surface area (Å²) in [6.45, 7) is 5.00. The third-order valence-corrected chi connectivity index (χ3v) is 3.50. The van der Waals surface area contributed by atoms with Gasteiger partial charge in [-0.05, 0) is 19.1 Å². The first-order valence-electron chi connectivity index (χ1n) is 6.72. The van der Waals surface area contributed by atoms with Crippen molar-refractivity contribution >= 4 is 11.8 Å². The zero-order valence-corrected chi connectivity index (χ0v) is 12.0. The van der Waals surface area contributed by atoms with Crippen LogP contribution in [0.4, 0.5) is 5.82 Å². The van der Waals surface area contributed by atoms with Crippen molar-refractivity contribution in [3.63, 3.8) is 0 Å². The molecule has 0 aromatic carbocycles. The van der Waals surface area contributed by atoms with E-state index >= 15 is 0 Å². The fourth-order valence-corrected chi connectivity index (χ4v) is 2.40. The van der Waals surface area contributed by atoms with E-state index in [0.29, 0.717) is 0 Å². The van der Waals surface area contributed by atoms with Gasteiger partial charge in [0.25, 0.3) is 0 Å². The normalized spacial score (nSPS) is 19.4. The smallest absolute Gasteiger partial charge is 0.338 e. The summed E-state index contributed by atoms with van der Waals surface area (Å²) < 4.78 is 4.61. The van der Waals surface area contributed by atoms with Gasteiger partial charge in [0.1, 0.15) is 5.82 Å². The van der Waals surface area contributed by atoms with Gasteiger partial charge in [0.05, 0.1) is 7.11 Å². The number of esters is 1. The Morgan fingerprint density at radius 2 is 2.10 bits per heavy atom. The van der Waals surface area contributed by atoms with Crippen LogP contribution in [-0.2, 0) is 9.53 Å². The van der Waals surface area contributed by atoms with E-state index in [2.05, 4.69) is 19.5 Å². The molecule has 0 spiro atoms. The van der Waals surface area contributed by atoms with Crippen LogP contribution in [0, 0.1) is 0 Å². The second-order valence-electron chi connectivity index (χ2n) is 5.22. The van der Waals surface area contributed by atoms with Gasteiger partial charge in [0, 0.05) is 38.9 Å². The van der Waals surface area contributed by atoms with E-state index in [-0.39, 0.29) is 6.54 Å². The Kier molecular flexibility index (Phi) is 4.57. The summed E-state index contributed by atoms with van der Waals surface area (Å²) in [7, 11) is 1.29. The zero-order valence-electron chi connectivity index (χ0n) is 12.0. The summed E-state index contributed by atoms with van der Waals surface area (Å²) in [4.78, 5) is 20.1. The second-order valence-corrected chi connectivity index (χ2v) is 5.22. The minimum Gasteiger partial charge on any atom is -0.467 e. The van der Waals surface area contributed by atoms with Crippen LogP contribution in [0.2, 0.25) is 0 Å². The molecular weight excluding hydrogens is 258 g/mol. The Morgan fingerprint density at radius 1 is 1.40 bits per heavy atom. The number of aliphatic hydroxyl groups is 1. The molecule has 1 aliphatic heterocycles. The Hall–Kier alpha value is -1.66. The number of piperazine rings is 1. The lowest BCUT2D eigenvalue weighted by Crippen LogP contribution is -2.54. The Labute approximate surface area is 119 Å². The average molecular weight is 279 g/mol. The van der Waals surface area contributed by atoms with Crippen LogP contribution in [0.15, 0.2) is 24.4 Å². The van der Waals surface area contributed by atoms with Crippen LogP contribution in [0.3, 0.4) is 0 Å². The third kappa shape index (κ3) is 3.46. The molecule has 20 heavy (non-hydrogen) atoms. The van der Waals surface area contributed by atoms with Crippen LogP contribution in [0.25, 0.3) is 0 Å². The summed E-state index contributed by atoms with van der Waals surface area (Å²) in [5, 5.41) is 10.1. The number of hydrogen-bond donors (Lipinski definition) is 1. The standard InChI is InChI=1S/C14H21N3O3/c1-14(19,13(18)20-2)11-16-7-9-17(10-8-16)12-5-3-4-6-15-12/h3-6,19H,7-11H2,1-2H3. The lowest BCUT2D eigenvalue weighted by atomic mass is 10.1. The molecule has 1 aromatic rings. The van der Waals surface area contributed by atoms with Crippen LogP contribution in [0.5, 0.6) is 0 Å². The molecule has 1 saturated heterocycles. The summed E-state index contributed by atoms with van der Waals surface area (Å²) in [5.74, 6) is 0.372. The van der Waals surface area contributed by atoms with E-state index in [1.807, 2.05) is 18.2 Å². The number of aromatic nitrogens is 1. The highest BCUT2D eigenvalue weighted by molar-refractivity contribution is 5.78. The van der Waals surface area contributed by atoms with Crippen LogP contribution >= 0.6 is 0 Å². The van der Waals surface area contributed by atoms with Gasteiger partial charge in [-0.15, -0.1) is 0 Å². The van der Waals surface area contributed by atoms with Crippen LogP contribution in [-0.4, -0.2) is 66.4 Å². The Bertz CT molecular complexity index is 442. The molecule has 6 nitrogen and oxygen atoms in total. The molecule has 1 aromatic heterocycles. The van der Waals surface area contributed by atoms with Gasteiger partial charge in [-0.2, -0.15) is 0 Å². The number of rotatable bonds is 4. The SMILES string of the molecule is COC(=O)C(C)(O)CN1CCN(c2ccccn2)CC1. The minimum atomic E-state index is -1.46. The van der Waals surface area contributed by atoms with Crippen molar-refractivity contribution in [2.24, 2.45) is 0 Å². The van der Waals surface area contributed by atoms with E-state index in [1.54, 1.807) is 6.20 Å². The maximum atomic E-state index is 11.5. The topological polar surface area (TPSA) is 65.9 Å². The number of carbonyl (C=O) groups is 1. The molecule has 1 fully saturated rings. The Morgan fingerprint density at radius 3 is 2.65 bits per heavy atom. The van der Waals surface area contributed by atoms with Crippen molar-refractivity contribution in [1.82, 2.24) is 9.88 Å². The van der Waals surface area contributed by atoms with Gasteiger partial charge < -0.3 is 14.7 Å². The number of β-amino-alcohol motifs (C(OH)–C–C–N with tert-alkyl or cyclic N) is 1. The first-order chi connectivity index (χ1) is 9.53. The van der Waals surface area contributed by atoms with Crippen molar-refractivity contribution in [2.45, 2.75) is 12.5 Å². The second kappa shape index (κ2) is 6.19. The molecule has 1 N–H and O–H groups in total. The van der Waals surface area contributed by atoms with Crippen LogP contribution in [0.1, 0.15) is 6.92 Å². The quantitative estimate of drug-likeness (QED) is 0.790. The molecule has 2 rings (SSSR count). The predicted molar refractivity (Wildman–Crippen MR) is 75.5 cm³/mol. The van der Waals surface area contributed by atoms with E-state index in [1.165, 1.54) is 14.0 Å². The van der Waals surface area contributed by atoms with Gasteiger partial charge in [-0.3, -0.25) is 4.90 Å². The number of pyridine rings is 1. The van der Waals surface area contributed by atoms with Gasteiger partial charge in [0.15, 0.2) is 5.60 Å². The Balaban J connectivity index is 1.87. The molecule has 0 saturated carbocycles. The average Bonchev–Trinajstić information content (AvgIpc) is 2.47. The van der Waals surface area contributed by atoms with Crippen molar-refractivity contribution in [3.05, 3.63) is 24.4 Å². The predicted octanol–water partition coefficient (Wildman–Crippen LogP) is 0.128. The molecule has 0 aliphatic carbocycles. The van der Waals surface area contributed by atoms with E-state index in [0.717, 1.165) is 32.0 Å². The molecule has 110 valence electrons. The molecule has 0 bridgehead atoms. The van der Waals surface area contributed by atoms with E-state index < -0.39 is 11.6 Å². The van der Waals surface area contributed by atoms with Gasteiger partial charge in [-0.25, -0.2) is 9.78 Å². The molecule has 1 atom stereocenters. The summed E-state index contributed by atoms with van der Waals surface area (Å²) in [6.07, 6.45) is 1.78. The van der Waals surface area contributed by atoms with Gasteiger partial charge >= 0.3 is 5.97 Å². The molecule has 6 heteroatoms.